The Bertz CT molecular complexity index is 1030. The molecule has 134 valence electrons. The highest BCUT2D eigenvalue weighted by molar-refractivity contribution is 5.94. The number of benzene rings is 2. The van der Waals surface area contributed by atoms with E-state index in [-0.39, 0.29) is 30.3 Å². The summed E-state index contributed by atoms with van der Waals surface area (Å²) in [4.78, 5) is 15.0. The first-order chi connectivity index (χ1) is 12.5. The molecule has 0 aliphatic heterocycles. The van der Waals surface area contributed by atoms with Crippen molar-refractivity contribution in [1.82, 2.24) is 4.98 Å². The Morgan fingerprint density at radius 1 is 1.19 bits per heavy atom. The van der Waals surface area contributed by atoms with Crippen LogP contribution in [-0.2, 0) is 16.0 Å². The fraction of sp³-hybridized carbons (Fsp3) is 0.250. The molecule has 1 aliphatic rings. The van der Waals surface area contributed by atoms with Crippen LogP contribution in [0.3, 0.4) is 0 Å². The van der Waals surface area contributed by atoms with Gasteiger partial charge < -0.3 is 9.72 Å². The lowest BCUT2D eigenvalue weighted by Crippen LogP contribution is -2.16. The molecule has 4 rings (SSSR count). The molecule has 1 aliphatic carbocycles. The molecule has 0 saturated carbocycles. The van der Waals surface area contributed by atoms with E-state index in [1.54, 1.807) is 13.0 Å². The summed E-state index contributed by atoms with van der Waals surface area (Å²) >= 11 is 0. The maximum Gasteiger partial charge on any atom is 0.306 e. The van der Waals surface area contributed by atoms with Crippen molar-refractivity contribution in [3.63, 3.8) is 0 Å². The summed E-state index contributed by atoms with van der Waals surface area (Å²) in [5.41, 5.74) is 2.91. The second-order valence-electron chi connectivity index (χ2n) is 6.44. The third-order valence-corrected chi connectivity index (χ3v) is 4.79. The molecule has 26 heavy (non-hydrogen) atoms. The predicted octanol–water partition coefficient (Wildman–Crippen LogP) is 4.85. The van der Waals surface area contributed by atoms with Crippen LogP contribution in [0.15, 0.2) is 30.3 Å². The molecular weight excluding hydrogens is 343 g/mol. The second kappa shape index (κ2) is 6.20. The monoisotopic (exact) mass is 359 g/mol. The summed E-state index contributed by atoms with van der Waals surface area (Å²) in [5, 5.41) is 0.404. The van der Waals surface area contributed by atoms with Gasteiger partial charge >= 0.3 is 5.97 Å². The number of halogens is 3. The molecule has 0 radical (unpaired) electrons. The molecule has 1 N–H and O–H groups in total. The number of ether oxygens (including phenoxy) is 1. The number of H-pyrrole nitrogens is 1. The Kier molecular flexibility index (Phi) is 3.98. The highest BCUT2D eigenvalue weighted by Gasteiger charge is 2.31. The Morgan fingerprint density at radius 3 is 2.77 bits per heavy atom. The van der Waals surface area contributed by atoms with Gasteiger partial charge in [-0.15, -0.1) is 0 Å². The van der Waals surface area contributed by atoms with Crippen LogP contribution in [0, 0.1) is 17.5 Å². The minimum atomic E-state index is -0.701. The van der Waals surface area contributed by atoms with Gasteiger partial charge in [0.25, 0.3) is 0 Å². The SMILES string of the molecule is CCOC(=O)CC1Cc2cc(F)ccc2-c2[nH]c3c(F)cc(F)cc3c21. The van der Waals surface area contributed by atoms with E-state index in [1.165, 1.54) is 18.2 Å². The number of carbonyl (C=O) groups excluding carboxylic acids is 1. The van der Waals surface area contributed by atoms with Crippen LogP contribution in [0.25, 0.3) is 22.2 Å². The Morgan fingerprint density at radius 2 is 2.00 bits per heavy atom. The van der Waals surface area contributed by atoms with Crippen molar-refractivity contribution in [3.05, 3.63) is 58.9 Å². The van der Waals surface area contributed by atoms with E-state index in [4.69, 9.17) is 4.74 Å². The average molecular weight is 359 g/mol. The zero-order chi connectivity index (χ0) is 18.4. The van der Waals surface area contributed by atoms with Crippen LogP contribution in [0.4, 0.5) is 13.2 Å². The molecule has 0 amide bonds. The van der Waals surface area contributed by atoms with Gasteiger partial charge in [0.15, 0.2) is 0 Å². The molecule has 6 heteroatoms. The normalized spacial score (nSPS) is 15.6. The Labute approximate surface area is 147 Å². The molecule has 1 unspecified atom stereocenters. The van der Waals surface area contributed by atoms with Gasteiger partial charge in [0, 0.05) is 22.9 Å². The van der Waals surface area contributed by atoms with E-state index in [2.05, 4.69) is 4.98 Å². The lowest BCUT2D eigenvalue weighted by Gasteiger charge is -2.25. The number of esters is 1. The number of hydrogen-bond donors (Lipinski definition) is 1. The van der Waals surface area contributed by atoms with Crippen molar-refractivity contribution in [3.8, 4) is 11.3 Å². The van der Waals surface area contributed by atoms with Crippen LogP contribution in [0.2, 0.25) is 0 Å². The Balaban J connectivity index is 1.94. The van der Waals surface area contributed by atoms with Crippen molar-refractivity contribution < 1.29 is 22.7 Å². The molecule has 0 bridgehead atoms. The van der Waals surface area contributed by atoms with E-state index in [0.29, 0.717) is 23.1 Å². The van der Waals surface area contributed by atoms with Gasteiger partial charge in [-0.2, -0.15) is 0 Å². The Hall–Kier alpha value is -2.76. The van der Waals surface area contributed by atoms with Gasteiger partial charge in [-0.05, 0) is 48.7 Å². The highest BCUT2D eigenvalue weighted by atomic mass is 19.1. The van der Waals surface area contributed by atoms with Crippen molar-refractivity contribution >= 4 is 16.9 Å². The minimum Gasteiger partial charge on any atom is -0.466 e. The summed E-state index contributed by atoms with van der Waals surface area (Å²) in [6.07, 6.45) is 0.450. The smallest absolute Gasteiger partial charge is 0.306 e. The lowest BCUT2D eigenvalue weighted by molar-refractivity contribution is -0.143. The number of nitrogens with one attached hydrogen (secondary N) is 1. The van der Waals surface area contributed by atoms with E-state index < -0.39 is 17.6 Å². The van der Waals surface area contributed by atoms with E-state index >= 15 is 0 Å². The first-order valence-corrected chi connectivity index (χ1v) is 8.43. The average Bonchev–Trinajstić information content (AvgIpc) is 2.95. The summed E-state index contributed by atoms with van der Waals surface area (Å²) in [7, 11) is 0. The van der Waals surface area contributed by atoms with Gasteiger partial charge in [0.1, 0.15) is 17.5 Å². The standard InChI is InChI=1S/C20H16F3NO2/c1-2-26-17(25)7-11-5-10-6-12(21)3-4-14(10)20-18(11)15-8-13(22)9-16(23)19(15)24-20/h3-4,6,8-9,11,24H,2,5,7H2,1H3. The molecular formula is C20H16F3NO2. The maximum absolute atomic E-state index is 14.3. The number of aromatic amines is 1. The van der Waals surface area contributed by atoms with Gasteiger partial charge in [-0.1, -0.05) is 0 Å². The van der Waals surface area contributed by atoms with Crippen molar-refractivity contribution in [2.24, 2.45) is 0 Å². The maximum atomic E-state index is 14.3. The molecule has 2 aromatic carbocycles. The highest BCUT2D eigenvalue weighted by Crippen LogP contribution is 2.45. The first-order valence-electron chi connectivity index (χ1n) is 8.43. The number of hydrogen-bond acceptors (Lipinski definition) is 2. The van der Waals surface area contributed by atoms with Gasteiger partial charge in [0.2, 0.25) is 0 Å². The minimum absolute atomic E-state index is 0.0574. The van der Waals surface area contributed by atoms with Crippen LogP contribution in [0.1, 0.15) is 30.4 Å². The van der Waals surface area contributed by atoms with Crippen LogP contribution < -0.4 is 0 Å². The molecule has 3 aromatic rings. The van der Waals surface area contributed by atoms with Crippen molar-refractivity contribution in [2.45, 2.75) is 25.7 Å². The number of fused-ring (bicyclic) bond motifs is 5. The van der Waals surface area contributed by atoms with Gasteiger partial charge in [-0.3, -0.25) is 4.79 Å². The third-order valence-electron chi connectivity index (χ3n) is 4.79. The molecule has 0 saturated heterocycles. The van der Waals surface area contributed by atoms with Gasteiger partial charge in [-0.25, -0.2) is 13.2 Å². The van der Waals surface area contributed by atoms with Crippen molar-refractivity contribution in [1.29, 1.82) is 0 Å². The topological polar surface area (TPSA) is 42.1 Å². The number of carbonyl (C=O) groups is 1. The molecule has 1 heterocycles. The van der Waals surface area contributed by atoms with Crippen LogP contribution >= 0.6 is 0 Å². The third kappa shape index (κ3) is 2.66. The van der Waals surface area contributed by atoms with Gasteiger partial charge in [0.05, 0.1) is 24.2 Å². The molecule has 1 atom stereocenters. The summed E-state index contributed by atoms with van der Waals surface area (Å²) in [5.74, 6) is -2.51. The fourth-order valence-electron chi connectivity index (χ4n) is 3.81. The molecule has 0 spiro atoms. The quantitative estimate of drug-likeness (QED) is 0.680. The predicted molar refractivity (Wildman–Crippen MR) is 91.3 cm³/mol. The molecule has 3 nitrogen and oxygen atoms in total. The summed E-state index contributed by atoms with van der Waals surface area (Å²) in [6, 6.07) is 6.44. The second-order valence-corrected chi connectivity index (χ2v) is 6.44. The first kappa shape index (κ1) is 16.7. The fourth-order valence-corrected chi connectivity index (χ4v) is 3.81. The largest absolute Gasteiger partial charge is 0.466 e. The summed E-state index contributed by atoms with van der Waals surface area (Å²) in [6.45, 7) is 1.96. The molecule has 1 aromatic heterocycles. The number of aromatic nitrogens is 1. The zero-order valence-corrected chi connectivity index (χ0v) is 14.0. The lowest BCUT2D eigenvalue weighted by atomic mass is 9.79. The molecule has 0 fully saturated rings. The van der Waals surface area contributed by atoms with E-state index in [1.807, 2.05) is 0 Å². The zero-order valence-electron chi connectivity index (χ0n) is 14.0. The van der Waals surface area contributed by atoms with Crippen molar-refractivity contribution in [2.75, 3.05) is 6.61 Å². The van der Waals surface area contributed by atoms with E-state index in [9.17, 15) is 18.0 Å². The van der Waals surface area contributed by atoms with Crippen LogP contribution in [0.5, 0.6) is 0 Å². The van der Waals surface area contributed by atoms with E-state index in [0.717, 1.165) is 17.2 Å². The van der Waals surface area contributed by atoms with Crippen LogP contribution in [-0.4, -0.2) is 17.6 Å². The number of rotatable bonds is 3. The summed E-state index contributed by atoms with van der Waals surface area (Å²) < 4.78 is 46.8.